The number of alkyl halides is 2. The minimum atomic E-state index is -2.47. The summed E-state index contributed by atoms with van der Waals surface area (Å²) >= 11 is 0. The van der Waals surface area contributed by atoms with Crippen LogP contribution >= 0.6 is 0 Å². The third kappa shape index (κ3) is 4.75. The third-order valence-corrected chi connectivity index (χ3v) is 1.64. The van der Waals surface area contributed by atoms with Crippen molar-refractivity contribution in [3.63, 3.8) is 0 Å². The van der Waals surface area contributed by atoms with Crippen LogP contribution < -0.4 is 15.4 Å². The van der Waals surface area contributed by atoms with E-state index in [-0.39, 0.29) is 12.0 Å². The van der Waals surface area contributed by atoms with Crippen LogP contribution in [0.5, 0.6) is 6.01 Å². The minimum absolute atomic E-state index is 0.0692. The molecule has 8 heteroatoms. The average molecular weight is 247 g/mol. The number of aromatic nitrogens is 3. The third-order valence-electron chi connectivity index (χ3n) is 1.64. The molecule has 0 fully saturated rings. The summed E-state index contributed by atoms with van der Waals surface area (Å²) in [7, 11) is 0. The summed E-state index contributed by atoms with van der Waals surface area (Å²) in [4.78, 5) is 11.7. The molecule has 0 atom stereocenters. The van der Waals surface area contributed by atoms with Gasteiger partial charge < -0.3 is 15.4 Å². The number of rotatable bonds is 7. The normalized spacial score (nSPS) is 10.4. The van der Waals surface area contributed by atoms with E-state index < -0.39 is 13.0 Å². The summed E-state index contributed by atoms with van der Waals surface area (Å²) < 4.78 is 29.2. The van der Waals surface area contributed by atoms with Gasteiger partial charge in [0.15, 0.2) is 0 Å². The number of halogens is 2. The number of nitrogens with one attached hydrogen (secondary N) is 2. The Bertz CT molecular complexity index is 326. The van der Waals surface area contributed by atoms with Crippen molar-refractivity contribution in [1.82, 2.24) is 15.0 Å². The number of nitrogens with zero attached hydrogens (tertiary/aromatic N) is 3. The Kier molecular flexibility index (Phi) is 5.31. The molecule has 0 radical (unpaired) electrons. The lowest BCUT2D eigenvalue weighted by Crippen LogP contribution is -2.15. The topological polar surface area (TPSA) is 72.0 Å². The molecule has 0 aromatic carbocycles. The maximum Gasteiger partial charge on any atom is 0.323 e. The van der Waals surface area contributed by atoms with E-state index in [1.165, 1.54) is 0 Å². The fraction of sp³-hybridized carbons (Fsp3) is 0.667. The molecular weight excluding hydrogens is 232 g/mol. The molecular formula is C9H15F2N5O. The van der Waals surface area contributed by atoms with E-state index in [1.54, 1.807) is 6.92 Å². The van der Waals surface area contributed by atoms with Gasteiger partial charge in [0.2, 0.25) is 11.9 Å². The highest BCUT2D eigenvalue weighted by Gasteiger charge is 2.08. The highest BCUT2D eigenvalue weighted by Crippen LogP contribution is 2.11. The zero-order chi connectivity index (χ0) is 12.7. The van der Waals surface area contributed by atoms with Gasteiger partial charge in [0.05, 0.1) is 13.2 Å². The van der Waals surface area contributed by atoms with Crippen LogP contribution in [0, 0.1) is 0 Å². The van der Waals surface area contributed by atoms with E-state index in [2.05, 4.69) is 25.6 Å². The molecule has 0 aliphatic heterocycles. The molecule has 1 heterocycles. The zero-order valence-corrected chi connectivity index (χ0v) is 9.70. The Morgan fingerprint density at radius 1 is 1.12 bits per heavy atom. The first kappa shape index (κ1) is 13.3. The summed E-state index contributed by atoms with van der Waals surface area (Å²) in [5.41, 5.74) is 0. The molecule has 96 valence electrons. The van der Waals surface area contributed by atoms with Gasteiger partial charge in [-0.3, -0.25) is 0 Å². The molecule has 0 saturated heterocycles. The van der Waals surface area contributed by atoms with E-state index in [4.69, 9.17) is 4.74 Å². The quantitative estimate of drug-likeness (QED) is 0.758. The molecule has 0 bridgehead atoms. The molecule has 0 amide bonds. The van der Waals surface area contributed by atoms with E-state index in [9.17, 15) is 8.78 Å². The molecule has 6 nitrogen and oxygen atoms in total. The molecule has 1 aromatic rings. The predicted molar refractivity (Wildman–Crippen MR) is 59.7 cm³/mol. The Morgan fingerprint density at radius 3 is 2.29 bits per heavy atom. The highest BCUT2D eigenvalue weighted by molar-refractivity contribution is 5.35. The maximum absolute atomic E-state index is 12.0. The smallest absolute Gasteiger partial charge is 0.323 e. The Labute approximate surface area is 97.8 Å². The molecule has 1 aromatic heterocycles. The fourth-order valence-electron chi connectivity index (χ4n) is 1.03. The average Bonchev–Trinajstić information content (AvgIpc) is 2.27. The maximum atomic E-state index is 12.0. The zero-order valence-electron chi connectivity index (χ0n) is 9.70. The van der Waals surface area contributed by atoms with Crippen LogP contribution in [0.4, 0.5) is 20.7 Å². The lowest BCUT2D eigenvalue weighted by molar-refractivity contribution is 0.163. The lowest BCUT2D eigenvalue weighted by Gasteiger charge is -2.08. The van der Waals surface area contributed by atoms with Crippen LogP contribution in [-0.2, 0) is 0 Å². The van der Waals surface area contributed by atoms with Crippen molar-refractivity contribution < 1.29 is 13.5 Å². The van der Waals surface area contributed by atoms with Crippen molar-refractivity contribution in [2.24, 2.45) is 0 Å². The predicted octanol–water partition coefficient (Wildman–Crippen LogP) is 1.38. The minimum Gasteiger partial charge on any atom is -0.464 e. The SMILES string of the molecule is CCNc1nc(NCC(F)F)nc(OCC)n1. The van der Waals surface area contributed by atoms with E-state index in [0.29, 0.717) is 19.1 Å². The molecule has 0 aliphatic carbocycles. The molecule has 1 rings (SSSR count). The Morgan fingerprint density at radius 2 is 1.76 bits per heavy atom. The molecule has 0 saturated carbocycles. The number of hydrogen-bond acceptors (Lipinski definition) is 6. The van der Waals surface area contributed by atoms with Crippen LogP contribution in [0.2, 0.25) is 0 Å². The van der Waals surface area contributed by atoms with Gasteiger partial charge in [0, 0.05) is 6.54 Å². The van der Waals surface area contributed by atoms with Crippen molar-refractivity contribution in [1.29, 1.82) is 0 Å². The van der Waals surface area contributed by atoms with E-state index in [0.717, 1.165) is 0 Å². The second-order valence-electron chi connectivity index (χ2n) is 3.00. The van der Waals surface area contributed by atoms with Gasteiger partial charge in [-0.1, -0.05) is 0 Å². The number of anilines is 2. The summed E-state index contributed by atoms with van der Waals surface area (Å²) in [6.45, 7) is 4.15. The fourth-order valence-corrected chi connectivity index (χ4v) is 1.03. The summed E-state index contributed by atoms with van der Waals surface area (Å²) in [6.07, 6.45) is -2.47. The Hall–Kier alpha value is -1.73. The van der Waals surface area contributed by atoms with Crippen molar-refractivity contribution >= 4 is 11.9 Å². The largest absolute Gasteiger partial charge is 0.464 e. The van der Waals surface area contributed by atoms with Gasteiger partial charge in [-0.15, -0.1) is 0 Å². The Balaban J connectivity index is 2.79. The lowest BCUT2D eigenvalue weighted by atomic mass is 10.6. The molecule has 2 N–H and O–H groups in total. The van der Waals surface area contributed by atoms with Crippen molar-refractivity contribution in [2.45, 2.75) is 20.3 Å². The van der Waals surface area contributed by atoms with Crippen molar-refractivity contribution in [3.8, 4) is 6.01 Å². The van der Waals surface area contributed by atoms with Gasteiger partial charge in [-0.2, -0.15) is 15.0 Å². The summed E-state index contributed by atoms with van der Waals surface area (Å²) in [5.74, 6) is 0.363. The highest BCUT2D eigenvalue weighted by atomic mass is 19.3. The van der Waals surface area contributed by atoms with Crippen LogP contribution in [0.3, 0.4) is 0 Å². The van der Waals surface area contributed by atoms with Crippen LogP contribution in [0.15, 0.2) is 0 Å². The molecule has 0 aliphatic rings. The number of ether oxygens (including phenoxy) is 1. The second-order valence-corrected chi connectivity index (χ2v) is 3.00. The van der Waals surface area contributed by atoms with E-state index in [1.807, 2.05) is 6.92 Å². The van der Waals surface area contributed by atoms with Crippen molar-refractivity contribution in [2.75, 3.05) is 30.3 Å². The second kappa shape index (κ2) is 6.77. The van der Waals surface area contributed by atoms with Crippen LogP contribution in [0.1, 0.15) is 13.8 Å². The molecule has 0 unspecified atom stereocenters. The van der Waals surface area contributed by atoms with Gasteiger partial charge in [0.25, 0.3) is 6.43 Å². The first-order chi connectivity index (χ1) is 8.15. The van der Waals surface area contributed by atoms with Crippen LogP contribution in [0.25, 0.3) is 0 Å². The standard InChI is InChI=1S/C9H15F2N5O/c1-3-12-7-14-8(13-5-6(10)11)16-9(15-7)17-4-2/h6H,3-5H2,1-2H3,(H2,12,13,14,15,16). The summed E-state index contributed by atoms with van der Waals surface area (Å²) in [6, 6.07) is 0.107. The van der Waals surface area contributed by atoms with E-state index >= 15 is 0 Å². The molecule has 17 heavy (non-hydrogen) atoms. The molecule has 0 spiro atoms. The van der Waals surface area contributed by atoms with Gasteiger partial charge in [-0.25, -0.2) is 8.78 Å². The van der Waals surface area contributed by atoms with Gasteiger partial charge in [-0.05, 0) is 13.8 Å². The first-order valence-corrected chi connectivity index (χ1v) is 5.30. The monoisotopic (exact) mass is 247 g/mol. The number of hydrogen-bond donors (Lipinski definition) is 2. The first-order valence-electron chi connectivity index (χ1n) is 5.30. The van der Waals surface area contributed by atoms with Crippen molar-refractivity contribution in [3.05, 3.63) is 0 Å². The summed E-state index contributed by atoms with van der Waals surface area (Å²) in [5, 5.41) is 5.27. The van der Waals surface area contributed by atoms with Gasteiger partial charge >= 0.3 is 6.01 Å². The van der Waals surface area contributed by atoms with Gasteiger partial charge in [0.1, 0.15) is 0 Å². The van der Waals surface area contributed by atoms with Crippen LogP contribution in [-0.4, -0.2) is 41.1 Å².